The molecule has 4 nitrogen and oxygen atoms in total. The molecule has 4 heteroatoms. The van der Waals surface area contributed by atoms with Crippen molar-refractivity contribution in [2.45, 2.75) is 25.9 Å². The van der Waals surface area contributed by atoms with Crippen LogP contribution in [0.3, 0.4) is 0 Å². The summed E-state index contributed by atoms with van der Waals surface area (Å²) in [5.74, 6) is 1.75. The number of ether oxygens (including phenoxy) is 2. The van der Waals surface area contributed by atoms with Crippen molar-refractivity contribution in [3.63, 3.8) is 0 Å². The lowest BCUT2D eigenvalue weighted by atomic mass is 10.1. The number of nitrogens with zero attached hydrogens (tertiary/aromatic N) is 1. The highest BCUT2D eigenvalue weighted by Gasteiger charge is 2.18. The molecule has 1 aromatic rings. The number of hydrogen-bond acceptors (Lipinski definition) is 4. The smallest absolute Gasteiger partial charge is 0.231 e. The Hall–Kier alpha value is -1.26. The van der Waals surface area contributed by atoms with Crippen LogP contribution in [0, 0.1) is 0 Å². The minimum atomic E-state index is 0.350. The first-order valence-electron chi connectivity index (χ1n) is 6.66. The van der Waals surface area contributed by atoms with Crippen LogP contribution < -0.4 is 14.8 Å². The van der Waals surface area contributed by atoms with Crippen LogP contribution in [0.25, 0.3) is 0 Å². The third-order valence-corrected chi connectivity index (χ3v) is 3.68. The fraction of sp³-hybridized carbons (Fsp3) is 0.571. The van der Waals surface area contributed by atoms with Gasteiger partial charge in [-0.2, -0.15) is 0 Å². The molecule has 1 N–H and O–H groups in total. The van der Waals surface area contributed by atoms with Crippen molar-refractivity contribution in [1.29, 1.82) is 0 Å². The zero-order chi connectivity index (χ0) is 12.4. The van der Waals surface area contributed by atoms with Gasteiger partial charge in [0.25, 0.3) is 0 Å². The Balaban J connectivity index is 1.71. The molecule has 0 aromatic heterocycles. The molecule has 0 spiro atoms. The molecule has 1 fully saturated rings. The minimum Gasteiger partial charge on any atom is -0.454 e. The molecule has 1 unspecified atom stereocenters. The van der Waals surface area contributed by atoms with Gasteiger partial charge in [0, 0.05) is 25.7 Å². The molecule has 0 aliphatic carbocycles. The Morgan fingerprint density at radius 3 is 3.17 bits per heavy atom. The number of benzene rings is 1. The molecular formula is C14H20N2O2. The topological polar surface area (TPSA) is 33.7 Å². The van der Waals surface area contributed by atoms with Crippen LogP contribution in [-0.2, 0) is 6.54 Å². The van der Waals surface area contributed by atoms with Gasteiger partial charge in [0.1, 0.15) is 0 Å². The maximum Gasteiger partial charge on any atom is 0.231 e. The van der Waals surface area contributed by atoms with Crippen molar-refractivity contribution in [3.8, 4) is 11.5 Å². The van der Waals surface area contributed by atoms with Gasteiger partial charge >= 0.3 is 0 Å². The molecule has 3 rings (SSSR count). The van der Waals surface area contributed by atoms with Crippen molar-refractivity contribution >= 4 is 0 Å². The summed E-state index contributed by atoms with van der Waals surface area (Å²) in [6.07, 6.45) is 1.22. The lowest BCUT2D eigenvalue weighted by Crippen LogP contribution is -2.36. The van der Waals surface area contributed by atoms with Crippen LogP contribution in [-0.4, -0.2) is 37.4 Å². The molecule has 1 aromatic carbocycles. The molecule has 0 radical (unpaired) electrons. The Labute approximate surface area is 108 Å². The fourth-order valence-corrected chi connectivity index (χ4v) is 2.58. The summed E-state index contributed by atoms with van der Waals surface area (Å²) in [6.45, 7) is 6.97. The highest BCUT2D eigenvalue weighted by Crippen LogP contribution is 2.32. The lowest BCUT2D eigenvalue weighted by molar-refractivity contribution is 0.173. The first-order chi connectivity index (χ1) is 8.83. The van der Waals surface area contributed by atoms with E-state index in [2.05, 4.69) is 29.3 Å². The van der Waals surface area contributed by atoms with Gasteiger partial charge in [-0.1, -0.05) is 6.07 Å². The largest absolute Gasteiger partial charge is 0.454 e. The number of nitrogens with one attached hydrogen (secondary N) is 1. The minimum absolute atomic E-state index is 0.350. The second-order valence-electron chi connectivity index (χ2n) is 5.06. The second-order valence-corrected chi connectivity index (χ2v) is 5.06. The number of hydrogen-bond donors (Lipinski definition) is 1. The number of rotatable bonds is 2. The third kappa shape index (κ3) is 2.44. The van der Waals surface area contributed by atoms with E-state index in [0.29, 0.717) is 12.8 Å². The van der Waals surface area contributed by atoms with E-state index in [1.807, 2.05) is 6.07 Å². The molecule has 98 valence electrons. The molecule has 1 saturated heterocycles. The Bertz CT molecular complexity index is 422. The molecule has 2 aliphatic rings. The van der Waals surface area contributed by atoms with Gasteiger partial charge in [-0.3, -0.25) is 4.90 Å². The van der Waals surface area contributed by atoms with Crippen molar-refractivity contribution in [2.24, 2.45) is 0 Å². The molecule has 2 heterocycles. The van der Waals surface area contributed by atoms with Gasteiger partial charge in [0.05, 0.1) is 0 Å². The van der Waals surface area contributed by atoms with Crippen molar-refractivity contribution < 1.29 is 9.47 Å². The summed E-state index contributed by atoms with van der Waals surface area (Å²) in [4.78, 5) is 2.53. The van der Waals surface area contributed by atoms with Crippen molar-refractivity contribution in [2.75, 3.05) is 26.4 Å². The zero-order valence-electron chi connectivity index (χ0n) is 10.8. The summed E-state index contributed by atoms with van der Waals surface area (Å²) in [5.41, 5.74) is 1.30. The first kappa shape index (κ1) is 11.8. The van der Waals surface area contributed by atoms with Gasteiger partial charge < -0.3 is 14.8 Å². The predicted molar refractivity (Wildman–Crippen MR) is 69.9 cm³/mol. The van der Waals surface area contributed by atoms with Gasteiger partial charge in [-0.25, -0.2) is 0 Å². The van der Waals surface area contributed by atoms with E-state index < -0.39 is 0 Å². The highest BCUT2D eigenvalue weighted by atomic mass is 16.7. The van der Waals surface area contributed by atoms with E-state index >= 15 is 0 Å². The van der Waals surface area contributed by atoms with E-state index in [1.54, 1.807) is 0 Å². The normalized spacial score (nSPS) is 23.9. The van der Waals surface area contributed by atoms with E-state index in [4.69, 9.17) is 9.47 Å². The van der Waals surface area contributed by atoms with Gasteiger partial charge in [0.15, 0.2) is 11.5 Å². The second kappa shape index (κ2) is 5.16. The summed E-state index contributed by atoms with van der Waals surface area (Å²) in [6, 6.07) is 6.84. The van der Waals surface area contributed by atoms with E-state index in [-0.39, 0.29) is 0 Å². The monoisotopic (exact) mass is 248 g/mol. The first-order valence-corrected chi connectivity index (χ1v) is 6.66. The molecule has 1 atom stereocenters. The molecular weight excluding hydrogens is 228 g/mol. The molecule has 2 aliphatic heterocycles. The van der Waals surface area contributed by atoms with Crippen LogP contribution in [0.5, 0.6) is 11.5 Å². The van der Waals surface area contributed by atoms with Crippen molar-refractivity contribution in [3.05, 3.63) is 23.8 Å². The van der Waals surface area contributed by atoms with Gasteiger partial charge in [0.2, 0.25) is 6.79 Å². The SMILES string of the molecule is CC1CNCCCN1Cc1ccc2c(c1)OCO2. The Morgan fingerprint density at radius 1 is 1.33 bits per heavy atom. The number of fused-ring (bicyclic) bond motifs is 1. The van der Waals surface area contributed by atoms with Gasteiger partial charge in [-0.15, -0.1) is 0 Å². The molecule has 18 heavy (non-hydrogen) atoms. The average molecular weight is 248 g/mol. The Morgan fingerprint density at radius 2 is 2.22 bits per heavy atom. The zero-order valence-corrected chi connectivity index (χ0v) is 10.8. The summed E-state index contributed by atoms with van der Waals surface area (Å²) < 4.78 is 10.8. The predicted octanol–water partition coefficient (Wildman–Crippen LogP) is 1.60. The molecule has 0 saturated carbocycles. The van der Waals surface area contributed by atoms with Crippen LogP contribution >= 0.6 is 0 Å². The average Bonchev–Trinajstić information content (AvgIpc) is 2.75. The lowest BCUT2D eigenvalue weighted by Gasteiger charge is -2.26. The maximum atomic E-state index is 5.43. The summed E-state index contributed by atoms with van der Waals surface area (Å²) >= 11 is 0. The Kier molecular flexibility index (Phi) is 3.39. The summed E-state index contributed by atoms with van der Waals surface area (Å²) in [5, 5.41) is 3.47. The quantitative estimate of drug-likeness (QED) is 0.862. The van der Waals surface area contributed by atoms with Crippen molar-refractivity contribution in [1.82, 2.24) is 10.2 Å². The van der Waals surface area contributed by atoms with E-state index in [1.165, 1.54) is 12.0 Å². The van der Waals surface area contributed by atoms with Crippen LogP contribution in [0.2, 0.25) is 0 Å². The van der Waals surface area contributed by atoms with Crippen LogP contribution in [0.1, 0.15) is 18.9 Å². The molecule has 0 bridgehead atoms. The maximum absolute atomic E-state index is 5.43. The van der Waals surface area contributed by atoms with Crippen LogP contribution in [0.15, 0.2) is 18.2 Å². The van der Waals surface area contributed by atoms with Crippen LogP contribution in [0.4, 0.5) is 0 Å². The molecule has 0 amide bonds. The van der Waals surface area contributed by atoms with E-state index in [9.17, 15) is 0 Å². The fourth-order valence-electron chi connectivity index (χ4n) is 2.58. The standard InChI is InChI=1S/C14H20N2O2/c1-11-8-15-5-2-6-16(11)9-12-3-4-13-14(7-12)18-10-17-13/h3-4,7,11,15H,2,5-6,8-10H2,1H3. The highest BCUT2D eigenvalue weighted by molar-refractivity contribution is 5.44. The third-order valence-electron chi connectivity index (χ3n) is 3.68. The van der Waals surface area contributed by atoms with E-state index in [0.717, 1.165) is 37.7 Å². The van der Waals surface area contributed by atoms with Gasteiger partial charge in [-0.05, 0) is 37.6 Å². The summed E-state index contributed by atoms with van der Waals surface area (Å²) in [7, 11) is 0.